The van der Waals surface area contributed by atoms with E-state index < -0.39 is 13.7 Å². The smallest absolute Gasteiger partial charge is 0.257 e. The summed E-state index contributed by atoms with van der Waals surface area (Å²) in [6, 6.07) is 0. The molecule has 1 amide bonds. The maximum Gasteiger partial charge on any atom is 0.257 e. The topological polar surface area (TPSA) is 38.8 Å². The molecular weight excluding hydrogens is 378 g/mol. The van der Waals surface area contributed by atoms with Crippen LogP contribution in [0, 0.1) is 17.3 Å². The van der Waals surface area contributed by atoms with Crippen molar-refractivity contribution in [2.75, 3.05) is 13.7 Å². The van der Waals surface area contributed by atoms with Crippen molar-refractivity contribution in [1.82, 2.24) is 4.90 Å². The largest absolute Gasteiger partial charge is 0.548 e. The molecule has 1 saturated heterocycles. The molecule has 0 bridgehead atoms. The van der Waals surface area contributed by atoms with Gasteiger partial charge in [-0.15, -0.1) is 6.58 Å². The SMILES string of the molecule is C=C[C@@]12C(=O)N(C)[C@@H](OCC)[C@@H]1CC=C[C@@H]2/C=C/O[Si](C(C)C)(C(C)C)C(C)C. The minimum Gasteiger partial charge on any atom is -0.548 e. The highest BCUT2D eigenvalue weighted by Gasteiger charge is 2.60. The average molecular weight is 420 g/mol. The van der Waals surface area contributed by atoms with Gasteiger partial charge in [0.25, 0.3) is 8.32 Å². The molecule has 4 atom stereocenters. The van der Waals surface area contributed by atoms with Gasteiger partial charge in [0.1, 0.15) is 6.23 Å². The van der Waals surface area contributed by atoms with Crippen molar-refractivity contribution >= 4 is 14.2 Å². The molecule has 1 aliphatic carbocycles. The molecule has 1 heterocycles. The molecule has 0 aromatic carbocycles. The number of carbonyl (C=O) groups excluding carboxylic acids is 1. The third kappa shape index (κ3) is 3.76. The summed E-state index contributed by atoms with van der Waals surface area (Å²) in [7, 11) is -0.149. The quantitative estimate of drug-likeness (QED) is 0.266. The molecule has 2 aliphatic rings. The Morgan fingerprint density at radius 3 is 2.31 bits per heavy atom. The van der Waals surface area contributed by atoms with Crippen LogP contribution in [-0.2, 0) is 14.0 Å². The van der Waals surface area contributed by atoms with Crippen LogP contribution in [0.2, 0.25) is 16.6 Å². The van der Waals surface area contributed by atoms with Crippen molar-refractivity contribution in [3.8, 4) is 0 Å². The summed E-state index contributed by atoms with van der Waals surface area (Å²) < 4.78 is 12.6. The minimum absolute atomic E-state index is 0.0689. The van der Waals surface area contributed by atoms with E-state index in [-0.39, 0.29) is 24.0 Å². The minimum atomic E-state index is -1.99. The van der Waals surface area contributed by atoms with Gasteiger partial charge in [0.15, 0.2) is 0 Å². The van der Waals surface area contributed by atoms with Gasteiger partial charge in [-0.05, 0) is 36.0 Å². The lowest BCUT2D eigenvalue weighted by Gasteiger charge is -2.41. The highest BCUT2D eigenvalue weighted by molar-refractivity contribution is 6.77. The Morgan fingerprint density at radius 2 is 1.83 bits per heavy atom. The standard InChI is InChI=1S/C24H41NO3Si/c1-10-24-20(15-16-28-29(17(3)4,18(5)6)19(7)8)13-12-14-21(24)22(27-11-2)25(9)23(24)26/h10,12-13,15-22H,1,11,14H2,2-9H3/b16-15+/t20-,21+,22+,24+/m1/s1. The normalized spacial score (nSPS) is 30.1. The summed E-state index contributed by atoms with van der Waals surface area (Å²) in [4.78, 5) is 15.1. The lowest BCUT2D eigenvalue weighted by Crippen LogP contribution is -2.46. The van der Waals surface area contributed by atoms with Crippen LogP contribution in [0.25, 0.3) is 0 Å². The van der Waals surface area contributed by atoms with Crippen LogP contribution in [0.4, 0.5) is 0 Å². The Kier molecular flexibility index (Phi) is 7.61. The molecule has 0 N–H and O–H groups in total. The Balaban J connectivity index is 2.37. The highest BCUT2D eigenvalue weighted by atomic mass is 28.4. The molecule has 0 saturated carbocycles. The maximum atomic E-state index is 13.3. The zero-order valence-corrected chi connectivity index (χ0v) is 20.6. The van der Waals surface area contributed by atoms with Crippen molar-refractivity contribution in [2.45, 2.75) is 77.7 Å². The number of hydrogen-bond acceptors (Lipinski definition) is 3. The predicted molar refractivity (Wildman–Crippen MR) is 123 cm³/mol. The summed E-state index contributed by atoms with van der Waals surface area (Å²) >= 11 is 0. The molecule has 164 valence electrons. The zero-order valence-electron chi connectivity index (χ0n) is 19.6. The molecule has 0 aromatic heterocycles. The van der Waals surface area contributed by atoms with Crippen molar-refractivity contribution in [3.63, 3.8) is 0 Å². The van der Waals surface area contributed by atoms with Gasteiger partial charge in [0, 0.05) is 25.5 Å². The maximum absolute atomic E-state index is 13.3. The number of likely N-dealkylation sites (tertiary alicyclic amines) is 1. The van der Waals surface area contributed by atoms with Crippen molar-refractivity contribution in [1.29, 1.82) is 0 Å². The van der Waals surface area contributed by atoms with Crippen molar-refractivity contribution < 1.29 is 14.0 Å². The molecule has 4 nitrogen and oxygen atoms in total. The van der Waals surface area contributed by atoms with Gasteiger partial charge < -0.3 is 14.1 Å². The van der Waals surface area contributed by atoms with Crippen molar-refractivity contribution in [3.05, 3.63) is 37.1 Å². The van der Waals surface area contributed by atoms with Crippen molar-refractivity contribution in [2.24, 2.45) is 17.3 Å². The number of rotatable bonds is 9. The first kappa shape index (κ1) is 23.9. The van der Waals surface area contributed by atoms with Gasteiger partial charge in [0.05, 0.1) is 11.7 Å². The van der Waals surface area contributed by atoms with Crippen LogP contribution in [0.3, 0.4) is 0 Å². The Morgan fingerprint density at radius 1 is 1.24 bits per heavy atom. The predicted octanol–water partition coefficient (Wildman–Crippen LogP) is 5.89. The number of allylic oxidation sites excluding steroid dienone is 3. The number of ether oxygens (including phenoxy) is 1. The molecule has 2 rings (SSSR count). The third-order valence-electron chi connectivity index (χ3n) is 7.26. The van der Waals surface area contributed by atoms with E-state index in [0.717, 1.165) is 6.42 Å². The summed E-state index contributed by atoms with van der Waals surface area (Å²) in [6.07, 6.45) is 10.8. The zero-order chi connectivity index (χ0) is 22.0. The van der Waals surface area contributed by atoms with E-state index >= 15 is 0 Å². The molecule has 5 heteroatoms. The fraction of sp³-hybridized carbons (Fsp3) is 0.708. The molecular formula is C24H41NO3Si. The molecule has 0 radical (unpaired) electrons. The van der Waals surface area contributed by atoms with E-state index in [9.17, 15) is 4.79 Å². The number of nitrogens with zero attached hydrogens (tertiary/aromatic N) is 1. The average Bonchev–Trinajstić information content (AvgIpc) is 2.87. The van der Waals surface area contributed by atoms with E-state index in [1.807, 2.05) is 26.3 Å². The van der Waals surface area contributed by atoms with E-state index in [1.54, 1.807) is 4.90 Å². The lowest BCUT2D eigenvalue weighted by atomic mass is 9.63. The molecule has 1 fully saturated rings. The second-order valence-corrected chi connectivity index (χ2v) is 14.9. The van der Waals surface area contributed by atoms with Crippen LogP contribution in [-0.4, -0.2) is 39.0 Å². The fourth-order valence-corrected chi connectivity index (χ4v) is 11.1. The van der Waals surface area contributed by atoms with E-state index in [4.69, 9.17) is 9.16 Å². The molecule has 0 spiro atoms. The molecule has 1 aliphatic heterocycles. The Bertz CT molecular complexity index is 633. The first-order valence-corrected chi connectivity index (χ1v) is 13.3. The fourth-order valence-electron chi connectivity index (χ4n) is 5.96. The van der Waals surface area contributed by atoms with Gasteiger partial charge in [-0.2, -0.15) is 0 Å². The number of fused-ring (bicyclic) bond motifs is 1. The first-order valence-electron chi connectivity index (χ1n) is 11.1. The Labute approximate surface area is 179 Å². The van der Waals surface area contributed by atoms with Gasteiger partial charge in [-0.3, -0.25) is 4.79 Å². The van der Waals surface area contributed by atoms with E-state index in [1.165, 1.54) is 0 Å². The van der Waals surface area contributed by atoms with Crippen LogP contribution in [0.5, 0.6) is 0 Å². The van der Waals surface area contributed by atoms with Crippen LogP contribution in [0.15, 0.2) is 37.1 Å². The molecule has 0 unspecified atom stereocenters. The van der Waals surface area contributed by atoms with Gasteiger partial charge in [-0.1, -0.05) is 59.8 Å². The number of hydrogen-bond donors (Lipinski definition) is 0. The van der Waals surface area contributed by atoms with Crippen LogP contribution < -0.4 is 0 Å². The summed E-state index contributed by atoms with van der Waals surface area (Å²) in [6.45, 7) is 20.3. The third-order valence-corrected chi connectivity index (χ3v) is 13.2. The molecule has 29 heavy (non-hydrogen) atoms. The van der Waals surface area contributed by atoms with Gasteiger partial charge in [-0.25, -0.2) is 0 Å². The monoisotopic (exact) mass is 419 g/mol. The molecule has 0 aromatic rings. The van der Waals surface area contributed by atoms with Gasteiger partial charge >= 0.3 is 0 Å². The van der Waals surface area contributed by atoms with Crippen LogP contribution in [0.1, 0.15) is 54.9 Å². The second kappa shape index (κ2) is 9.21. The first-order chi connectivity index (χ1) is 13.6. The second-order valence-electron chi connectivity index (χ2n) is 9.46. The van der Waals surface area contributed by atoms with E-state index in [0.29, 0.717) is 23.2 Å². The van der Waals surface area contributed by atoms with E-state index in [2.05, 4.69) is 66.3 Å². The lowest BCUT2D eigenvalue weighted by molar-refractivity contribution is -0.138. The van der Waals surface area contributed by atoms with Gasteiger partial charge in [0.2, 0.25) is 5.91 Å². The number of carbonyl (C=O) groups is 1. The van der Waals surface area contributed by atoms with Crippen LogP contribution >= 0.6 is 0 Å². The summed E-state index contributed by atoms with van der Waals surface area (Å²) in [5.74, 6) is 0.0896. The number of amides is 1. The highest BCUT2D eigenvalue weighted by Crippen LogP contribution is 2.53. The summed E-state index contributed by atoms with van der Waals surface area (Å²) in [5, 5.41) is 0. The Hall–Kier alpha value is -1.33. The summed E-state index contributed by atoms with van der Waals surface area (Å²) in [5.41, 5.74) is 0.867.